The number of nitrogens with zero attached hydrogens (tertiary/aromatic N) is 2. The van der Waals surface area contributed by atoms with Crippen molar-refractivity contribution in [2.75, 3.05) is 6.54 Å². The van der Waals surface area contributed by atoms with Crippen LogP contribution in [-0.4, -0.2) is 83.5 Å². The van der Waals surface area contributed by atoms with E-state index in [-0.39, 0.29) is 37.6 Å². The predicted molar refractivity (Wildman–Crippen MR) is 187 cm³/mol. The third-order valence-electron chi connectivity index (χ3n) is 11.4. The van der Waals surface area contributed by atoms with Gasteiger partial charge in [-0.25, -0.2) is 13.2 Å². The zero-order valence-electron chi connectivity index (χ0n) is 28.8. The van der Waals surface area contributed by atoms with Crippen LogP contribution in [-0.2, 0) is 47.0 Å². The molecule has 51 heavy (non-hydrogen) atoms. The monoisotopic (exact) mass is 721 g/mol. The number of sulfonamides is 1. The number of amides is 5. The lowest BCUT2D eigenvalue weighted by Gasteiger charge is -2.35. The molecule has 5 amide bonds. The third-order valence-corrected chi connectivity index (χ3v) is 13.2. The van der Waals surface area contributed by atoms with Crippen LogP contribution in [0.1, 0.15) is 93.7 Å². The van der Waals surface area contributed by atoms with Crippen molar-refractivity contribution in [3.05, 3.63) is 53.6 Å². The van der Waals surface area contributed by atoms with Crippen LogP contribution in [0.4, 0.5) is 4.79 Å². The van der Waals surface area contributed by atoms with Crippen LogP contribution >= 0.6 is 0 Å². The summed E-state index contributed by atoms with van der Waals surface area (Å²) in [5, 5.41) is 5.17. The lowest BCUT2D eigenvalue weighted by molar-refractivity contribution is -0.143. The molecule has 0 spiro atoms. The zero-order chi connectivity index (χ0) is 35.9. The van der Waals surface area contributed by atoms with Gasteiger partial charge in [0.15, 0.2) is 0 Å². The van der Waals surface area contributed by atoms with Gasteiger partial charge in [-0.1, -0.05) is 55.7 Å². The smallest absolute Gasteiger partial charge is 0.410 e. The number of rotatable bonds is 7. The van der Waals surface area contributed by atoms with Crippen molar-refractivity contribution in [1.29, 1.82) is 0 Å². The van der Waals surface area contributed by atoms with Crippen molar-refractivity contribution in [2.45, 2.75) is 119 Å². The predicted octanol–water partition coefficient (Wildman–Crippen LogP) is 3.04. The number of nitrogens with one attached hydrogen (secondary N) is 3. The Hall–Kier alpha value is -4.20. The van der Waals surface area contributed by atoms with E-state index in [1.165, 1.54) is 11.0 Å². The Kier molecular flexibility index (Phi) is 9.72. The van der Waals surface area contributed by atoms with E-state index < -0.39 is 68.7 Å². The molecule has 13 nitrogen and oxygen atoms in total. The maximum absolute atomic E-state index is 14.6. The zero-order valence-corrected chi connectivity index (χ0v) is 29.6. The molecule has 3 heterocycles. The lowest BCUT2D eigenvalue weighted by Crippen LogP contribution is -2.59. The maximum atomic E-state index is 14.6. The molecule has 14 heteroatoms. The number of carbonyl (C=O) groups excluding carboxylic acids is 5. The second kappa shape index (κ2) is 14.1. The summed E-state index contributed by atoms with van der Waals surface area (Å²) in [5.41, 5.74) is 1.49. The first-order chi connectivity index (χ1) is 24.5. The summed E-state index contributed by atoms with van der Waals surface area (Å²) >= 11 is 0. The second-order valence-electron chi connectivity index (χ2n) is 15.0. The fourth-order valence-electron chi connectivity index (χ4n) is 8.21. The molecule has 4 bridgehead atoms. The maximum Gasteiger partial charge on any atom is 0.410 e. The standard InChI is InChI=1S/C37H47N5O8S/c1-2-26-19-37(26,35(46)40-51(48,49)28-16-17-28)39-33(44)30-18-27-21-42(30)34(45)32(24-11-6-3-7-12-24)38-31(43)15-8-4-5-10-23-13-9-14-25-20-41(22-29(23)25)36(47)50-27/h2,5,9-10,13-14,24,26-28,30,32H,1,3-4,6-8,11-12,15-22H2,(H,38,43)(H,39,44)(H,40,46)/b10-5+/t26-,27+,30-,32-,37+/m0/s1. The van der Waals surface area contributed by atoms with E-state index >= 15 is 0 Å². The Morgan fingerprint density at radius 1 is 1.04 bits per heavy atom. The first-order valence-corrected chi connectivity index (χ1v) is 19.9. The highest BCUT2D eigenvalue weighted by molar-refractivity contribution is 7.91. The quantitative estimate of drug-likeness (QED) is 0.361. The molecule has 4 fully saturated rings. The number of hydrogen-bond acceptors (Lipinski definition) is 8. The molecule has 1 aromatic carbocycles. The molecule has 3 aliphatic heterocycles. The van der Waals surface area contributed by atoms with Crippen LogP contribution in [0.5, 0.6) is 0 Å². The molecule has 3 N–H and O–H groups in total. The van der Waals surface area contributed by atoms with Crippen molar-refractivity contribution in [2.24, 2.45) is 11.8 Å². The molecule has 1 saturated heterocycles. The summed E-state index contributed by atoms with van der Waals surface area (Å²) in [4.78, 5) is 72.2. The van der Waals surface area contributed by atoms with Gasteiger partial charge < -0.3 is 20.3 Å². The third kappa shape index (κ3) is 7.29. The Morgan fingerprint density at radius 3 is 2.55 bits per heavy atom. The van der Waals surface area contributed by atoms with Crippen molar-refractivity contribution < 1.29 is 37.1 Å². The van der Waals surface area contributed by atoms with Gasteiger partial charge in [0.2, 0.25) is 27.7 Å². The molecule has 1 aromatic rings. The van der Waals surface area contributed by atoms with Crippen LogP contribution < -0.4 is 15.4 Å². The fourth-order valence-corrected chi connectivity index (χ4v) is 9.57. The van der Waals surface area contributed by atoms with Gasteiger partial charge >= 0.3 is 6.09 Å². The summed E-state index contributed by atoms with van der Waals surface area (Å²) in [6.07, 6.45) is 11.1. The Bertz CT molecular complexity index is 1750. The van der Waals surface area contributed by atoms with E-state index in [0.29, 0.717) is 38.8 Å². The molecule has 0 unspecified atom stereocenters. The highest BCUT2D eigenvalue weighted by atomic mass is 32.2. The van der Waals surface area contributed by atoms with Crippen molar-refractivity contribution in [3.63, 3.8) is 0 Å². The number of allylic oxidation sites excluding steroid dienone is 1. The van der Waals surface area contributed by atoms with Crippen molar-refractivity contribution in [3.8, 4) is 0 Å². The molecular weight excluding hydrogens is 675 g/mol. The number of fused-ring (bicyclic) bond motifs is 3. The molecule has 274 valence electrons. The Labute approximate surface area is 298 Å². The SMILES string of the molecule is C=C[C@H]1C[C@]1(NC(=O)[C@@H]1C[C@@H]2CN1C(=O)[C@H](C1CCCCC1)NC(=O)CCC/C=C/c1cccc3c1CN(C3)C(=O)O2)C(=O)NS(=O)(=O)C1CC1. The molecule has 0 radical (unpaired) electrons. The van der Waals surface area contributed by atoms with Crippen molar-refractivity contribution >= 4 is 45.8 Å². The summed E-state index contributed by atoms with van der Waals surface area (Å²) in [7, 11) is -3.89. The first-order valence-electron chi connectivity index (χ1n) is 18.3. The van der Waals surface area contributed by atoms with Crippen LogP contribution in [0.25, 0.3) is 6.08 Å². The molecule has 0 aromatic heterocycles. The van der Waals surface area contributed by atoms with Gasteiger partial charge in [-0.15, -0.1) is 6.58 Å². The number of benzene rings is 1. The van der Waals surface area contributed by atoms with E-state index in [1.807, 2.05) is 30.4 Å². The average Bonchev–Trinajstić information content (AvgIpc) is 4.01. The highest BCUT2D eigenvalue weighted by Crippen LogP contribution is 2.45. The van der Waals surface area contributed by atoms with E-state index in [0.717, 1.165) is 48.8 Å². The molecule has 3 saturated carbocycles. The van der Waals surface area contributed by atoms with Crippen LogP contribution in [0.2, 0.25) is 0 Å². The van der Waals surface area contributed by atoms with E-state index in [4.69, 9.17) is 4.74 Å². The number of hydrogen-bond donors (Lipinski definition) is 3. The van der Waals surface area contributed by atoms with Gasteiger partial charge in [0.25, 0.3) is 5.91 Å². The fraction of sp³-hybridized carbons (Fsp3) is 0.595. The molecule has 7 rings (SSSR count). The number of ether oxygens (including phenoxy) is 1. The molecule has 3 aliphatic carbocycles. The largest absolute Gasteiger partial charge is 0.444 e. The average molecular weight is 722 g/mol. The van der Waals surface area contributed by atoms with Crippen molar-refractivity contribution in [1.82, 2.24) is 25.2 Å². The first kappa shape index (κ1) is 35.2. The van der Waals surface area contributed by atoms with Crippen LogP contribution in [0, 0.1) is 11.8 Å². The second-order valence-corrected chi connectivity index (χ2v) is 17.0. The van der Waals surface area contributed by atoms with Crippen LogP contribution in [0.15, 0.2) is 36.9 Å². The molecular formula is C37H47N5O8S. The van der Waals surface area contributed by atoms with Gasteiger partial charge in [-0.2, -0.15) is 0 Å². The minimum atomic E-state index is -3.89. The van der Waals surface area contributed by atoms with Gasteiger partial charge in [-0.05, 0) is 67.6 Å². The van der Waals surface area contributed by atoms with Gasteiger partial charge in [0.1, 0.15) is 23.7 Å². The summed E-state index contributed by atoms with van der Waals surface area (Å²) in [5.74, 6) is -2.80. The van der Waals surface area contributed by atoms with Crippen LogP contribution in [0.3, 0.4) is 0 Å². The summed E-state index contributed by atoms with van der Waals surface area (Å²) < 4.78 is 33.5. The van der Waals surface area contributed by atoms with E-state index in [2.05, 4.69) is 21.9 Å². The van der Waals surface area contributed by atoms with Gasteiger partial charge in [0, 0.05) is 25.3 Å². The summed E-state index contributed by atoms with van der Waals surface area (Å²) in [6.45, 7) is 4.41. The lowest BCUT2D eigenvalue weighted by atomic mass is 9.83. The summed E-state index contributed by atoms with van der Waals surface area (Å²) in [6, 6.07) is 3.91. The van der Waals surface area contributed by atoms with Gasteiger partial charge in [-0.3, -0.25) is 28.8 Å². The van der Waals surface area contributed by atoms with E-state index in [1.54, 1.807) is 4.90 Å². The molecule has 5 atom stereocenters. The van der Waals surface area contributed by atoms with Gasteiger partial charge in [0.05, 0.1) is 18.3 Å². The number of carbonyl (C=O) groups is 5. The van der Waals surface area contributed by atoms with E-state index in [9.17, 15) is 32.4 Å². The minimum absolute atomic E-state index is 0.0275. The topological polar surface area (TPSA) is 171 Å². The minimum Gasteiger partial charge on any atom is -0.444 e. The Balaban J connectivity index is 1.17. The molecule has 6 aliphatic rings. The highest BCUT2D eigenvalue weighted by Gasteiger charge is 2.62. The normalized spacial score (nSPS) is 30.8. The Morgan fingerprint density at radius 2 is 1.82 bits per heavy atom.